The van der Waals surface area contributed by atoms with Crippen LogP contribution < -0.4 is 5.32 Å². The predicted molar refractivity (Wildman–Crippen MR) is 74.5 cm³/mol. The van der Waals surface area contributed by atoms with Crippen LogP contribution in [-0.4, -0.2) is 27.3 Å². The van der Waals surface area contributed by atoms with Gasteiger partial charge in [-0.2, -0.15) is 5.10 Å². The van der Waals surface area contributed by atoms with Crippen LogP contribution in [0.4, 0.5) is 0 Å². The van der Waals surface area contributed by atoms with E-state index in [2.05, 4.69) is 24.3 Å². The lowest BCUT2D eigenvalue weighted by Gasteiger charge is -2.22. The third kappa shape index (κ3) is 5.03. The van der Waals surface area contributed by atoms with Gasteiger partial charge in [-0.3, -0.25) is 9.48 Å². The SMILES string of the molecule is CCCC(C)CC(=O)NCC(C)(O)c1cnn(C)c1. The van der Waals surface area contributed by atoms with Crippen LogP contribution in [0.2, 0.25) is 0 Å². The minimum Gasteiger partial charge on any atom is -0.383 e. The average molecular weight is 267 g/mol. The lowest BCUT2D eigenvalue weighted by atomic mass is 9.98. The highest BCUT2D eigenvalue weighted by atomic mass is 16.3. The van der Waals surface area contributed by atoms with Crippen LogP contribution in [-0.2, 0) is 17.4 Å². The number of hydrogen-bond donors (Lipinski definition) is 2. The molecule has 2 N–H and O–H groups in total. The third-order valence-electron chi connectivity index (χ3n) is 3.27. The number of carbonyl (C=O) groups excluding carboxylic acids is 1. The summed E-state index contributed by atoms with van der Waals surface area (Å²) >= 11 is 0. The Hall–Kier alpha value is -1.36. The summed E-state index contributed by atoms with van der Waals surface area (Å²) in [6.07, 6.45) is 6.02. The highest BCUT2D eigenvalue weighted by Crippen LogP contribution is 2.18. The summed E-state index contributed by atoms with van der Waals surface area (Å²) in [6, 6.07) is 0. The number of aromatic nitrogens is 2. The highest BCUT2D eigenvalue weighted by molar-refractivity contribution is 5.76. The molecule has 0 bridgehead atoms. The van der Waals surface area contributed by atoms with Gasteiger partial charge >= 0.3 is 0 Å². The lowest BCUT2D eigenvalue weighted by molar-refractivity contribution is -0.123. The van der Waals surface area contributed by atoms with Crippen LogP contribution in [0.1, 0.15) is 45.6 Å². The second kappa shape index (κ2) is 6.70. The zero-order valence-electron chi connectivity index (χ0n) is 12.3. The van der Waals surface area contributed by atoms with E-state index in [0.717, 1.165) is 12.8 Å². The van der Waals surface area contributed by atoms with E-state index in [0.29, 0.717) is 17.9 Å². The van der Waals surface area contributed by atoms with Gasteiger partial charge in [-0.25, -0.2) is 0 Å². The molecule has 5 nitrogen and oxygen atoms in total. The molecule has 1 aromatic heterocycles. The Morgan fingerprint density at radius 1 is 1.63 bits per heavy atom. The fraction of sp³-hybridized carbons (Fsp3) is 0.714. The topological polar surface area (TPSA) is 67.2 Å². The molecule has 1 amide bonds. The number of carbonyl (C=O) groups is 1. The van der Waals surface area contributed by atoms with Crippen molar-refractivity contribution in [3.63, 3.8) is 0 Å². The van der Waals surface area contributed by atoms with E-state index < -0.39 is 5.60 Å². The maximum atomic E-state index is 11.8. The molecule has 2 unspecified atom stereocenters. The van der Waals surface area contributed by atoms with Gasteiger partial charge in [-0.15, -0.1) is 0 Å². The Bertz CT molecular complexity index is 413. The standard InChI is InChI=1S/C14H25N3O2/c1-5-6-11(2)7-13(18)15-10-14(3,19)12-8-16-17(4)9-12/h8-9,11,19H,5-7,10H2,1-4H3,(H,15,18). The number of aryl methyl sites for hydroxylation is 1. The van der Waals surface area contributed by atoms with Crippen LogP contribution in [0.15, 0.2) is 12.4 Å². The first kappa shape index (κ1) is 15.7. The van der Waals surface area contributed by atoms with Crippen molar-refractivity contribution in [2.45, 2.75) is 45.6 Å². The third-order valence-corrected chi connectivity index (χ3v) is 3.27. The van der Waals surface area contributed by atoms with E-state index in [1.165, 1.54) is 0 Å². The number of amides is 1. The van der Waals surface area contributed by atoms with Gasteiger partial charge in [0, 0.05) is 25.2 Å². The van der Waals surface area contributed by atoms with E-state index >= 15 is 0 Å². The Morgan fingerprint density at radius 3 is 2.84 bits per heavy atom. The summed E-state index contributed by atoms with van der Waals surface area (Å²) in [7, 11) is 1.80. The largest absolute Gasteiger partial charge is 0.383 e. The molecular formula is C14H25N3O2. The van der Waals surface area contributed by atoms with Crippen molar-refractivity contribution in [1.82, 2.24) is 15.1 Å². The minimum absolute atomic E-state index is 0.00915. The van der Waals surface area contributed by atoms with Crippen molar-refractivity contribution in [3.05, 3.63) is 18.0 Å². The Balaban J connectivity index is 2.45. The molecule has 0 spiro atoms. The smallest absolute Gasteiger partial charge is 0.220 e. The van der Waals surface area contributed by atoms with Crippen molar-refractivity contribution in [2.24, 2.45) is 13.0 Å². The van der Waals surface area contributed by atoms with E-state index in [1.807, 2.05) is 0 Å². The fourth-order valence-corrected chi connectivity index (χ4v) is 2.06. The number of nitrogens with one attached hydrogen (secondary N) is 1. The van der Waals surface area contributed by atoms with Gasteiger partial charge < -0.3 is 10.4 Å². The number of rotatable bonds is 7. The molecule has 5 heteroatoms. The second-order valence-electron chi connectivity index (χ2n) is 5.55. The maximum absolute atomic E-state index is 11.8. The molecule has 0 saturated carbocycles. The average Bonchev–Trinajstić information content (AvgIpc) is 2.74. The van der Waals surface area contributed by atoms with Gasteiger partial charge in [-0.05, 0) is 12.8 Å². The van der Waals surface area contributed by atoms with Crippen LogP contribution in [0.5, 0.6) is 0 Å². The quantitative estimate of drug-likeness (QED) is 0.788. The number of hydrogen-bond acceptors (Lipinski definition) is 3. The van der Waals surface area contributed by atoms with Crippen molar-refractivity contribution in [3.8, 4) is 0 Å². The zero-order chi connectivity index (χ0) is 14.5. The summed E-state index contributed by atoms with van der Waals surface area (Å²) in [5.41, 5.74) is -0.380. The molecule has 19 heavy (non-hydrogen) atoms. The van der Waals surface area contributed by atoms with Crippen LogP contribution >= 0.6 is 0 Å². The first-order valence-corrected chi connectivity index (χ1v) is 6.83. The van der Waals surface area contributed by atoms with Gasteiger partial charge in [0.1, 0.15) is 5.60 Å². The Kier molecular flexibility index (Phi) is 5.54. The summed E-state index contributed by atoms with van der Waals surface area (Å²) in [5, 5.41) is 17.1. The maximum Gasteiger partial charge on any atom is 0.220 e. The van der Waals surface area contributed by atoms with Crippen molar-refractivity contribution >= 4 is 5.91 Å². The molecule has 1 heterocycles. The van der Waals surface area contributed by atoms with Crippen LogP contribution in [0.3, 0.4) is 0 Å². The molecule has 0 aliphatic rings. The Labute approximate surface area is 115 Å². The van der Waals surface area contributed by atoms with Crippen LogP contribution in [0, 0.1) is 5.92 Å². The van der Waals surface area contributed by atoms with E-state index in [-0.39, 0.29) is 12.5 Å². The fourth-order valence-electron chi connectivity index (χ4n) is 2.06. The predicted octanol–water partition coefficient (Wildman–Crippen LogP) is 1.57. The first-order valence-electron chi connectivity index (χ1n) is 6.83. The van der Waals surface area contributed by atoms with Gasteiger partial charge in [0.2, 0.25) is 5.91 Å². The number of nitrogens with zero attached hydrogens (tertiary/aromatic N) is 2. The molecule has 2 atom stereocenters. The Morgan fingerprint density at radius 2 is 2.32 bits per heavy atom. The highest BCUT2D eigenvalue weighted by Gasteiger charge is 2.25. The molecule has 1 rings (SSSR count). The lowest BCUT2D eigenvalue weighted by Crippen LogP contribution is -2.38. The van der Waals surface area contributed by atoms with E-state index in [1.54, 1.807) is 31.0 Å². The molecule has 1 aromatic rings. The van der Waals surface area contributed by atoms with E-state index in [9.17, 15) is 9.90 Å². The van der Waals surface area contributed by atoms with Gasteiger partial charge in [-0.1, -0.05) is 26.7 Å². The molecule has 0 aliphatic heterocycles. The summed E-state index contributed by atoms with van der Waals surface area (Å²) in [5.74, 6) is 0.374. The molecule has 0 saturated heterocycles. The molecular weight excluding hydrogens is 242 g/mol. The van der Waals surface area contributed by atoms with Gasteiger partial charge in [0.05, 0.1) is 12.7 Å². The van der Waals surface area contributed by atoms with Crippen LogP contribution in [0.25, 0.3) is 0 Å². The zero-order valence-corrected chi connectivity index (χ0v) is 12.3. The first-order chi connectivity index (χ1) is 8.85. The summed E-state index contributed by atoms with van der Waals surface area (Å²) in [6.45, 7) is 6.07. The molecule has 0 aromatic carbocycles. The molecule has 0 fully saturated rings. The van der Waals surface area contributed by atoms with Crippen molar-refractivity contribution in [2.75, 3.05) is 6.54 Å². The van der Waals surface area contributed by atoms with Crippen molar-refractivity contribution in [1.29, 1.82) is 0 Å². The molecule has 0 radical (unpaired) electrons. The normalized spacial score (nSPS) is 15.8. The van der Waals surface area contributed by atoms with Gasteiger partial charge in [0.25, 0.3) is 0 Å². The minimum atomic E-state index is -1.09. The molecule has 0 aliphatic carbocycles. The van der Waals surface area contributed by atoms with Crippen molar-refractivity contribution < 1.29 is 9.90 Å². The monoisotopic (exact) mass is 267 g/mol. The number of aliphatic hydroxyl groups is 1. The van der Waals surface area contributed by atoms with Gasteiger partial charge in [0.15, 0.2) is 0 Å². The van der Waals surface area contributed by atoms with E-state index in [4.69, 9.17) is 0 Å². The molecule has 108 valence electrons. The summed E-state index contributed by atoms with van der Waals surface area (Å²) in [4.78, 5) is 11.8. The second-order valence-corrected chi connectivity index (χ2v) is 5.55. The summed E-state index contributed by atoms with van der Waals surface area (Å²) < 4.78 is 1.63.